The number of benzene rings is 2. The largest absolute Gasteiger partial charge is 3.00 e. The molecule has 0 saturated heterocycles. The third-order valence-corrected chi connectivity index (χ3v) is 4.15. The van der Waals surface area contributed by atoms with E-state index in [2.05, 4.69) is 20.2 Å². The summed E-state index contributed by atoms with van der Waals surface area (Å²) < 4.78 is 0. The zero-order valence-electron chi connectivity index (χ0n) is 31.1. The van der Waals surface area contributed by atoms with Gasteiger partial charge in [0.25, 0.3) is 0 Å². The summed E-state index contributed by atoms with van der Waals surface area (Å²) in [4.78, 5) is 62.0. The number of carbonyl (C=O) groups is 2. The Morgan fingerprint density at radius 2 is 0.767 bits per heavy atom. The van der Waals surface area contributed by atoms with E-state index in [9.17, 15) is 19.8 Å². The number of rotatable bonds is 4. The molecule has 0 bridgehead atoms. The summed E-state index contributed by atoms with van der Waals surface area (Å²) in [5.41, 5.74) is 15.4. The smallest absolute Gasteiger partial charge is 0.871 e. The number of hydrogen-bond donors (Lipinski definition) is 8. The van der Waals surface area contributed by atoms with Gasteiger partial charge in [0.2, 0.25) is 0 Å². The monoisotopic (exact) mass is 1110 g/mol. The first-order valence-corrected chi connectivity index (χ1v) is 13.6. The molecule has 34 heteroatoms. The average Bonchev–Trinajstić information content (AvgIpc) is 3.15. The number of carbonyl (C=O) groups excluding carboxylic acids is 2. The van der Waals surface area contributed by atoms with Gasteiger partial charge in [-0.3, -0.25) is 0 Å². The Bertz CT molecular complexity index is 1680. The summed E-state index contributed by atoms with van der Waals surface area (Å²) >= 11 is 0. The van der Waals surface area contributed by atoms with Gasteiger partial charge in [-0.05, 0) is 22.9 Å². The first-order valence-electron chi connectivity index (χ1n) is 13.6. The van der Waals surface area contributed by atoms with E-state index in [-0.39, 0.29) is 82.7 Å². The SMILES string of the molecule is CO.CO.CO.CO.NC(=O)N/N=C/c1ccc2cccc([O-])c2n1.NC(=O)N/N=C/c1ccc2cccc([O-])c2n1.O=[N+]([O-])[O-].O=[N+]([O-])[O-].O=[N+]([O-])[O-].O=[N+]([O-])[O-].[La+3].[La+3]. The van der Waals surface area contributed by atoms with E-state index in [0.717, 1.165) is 39.2 Å². The summed E-state index contributed by atoms with van der Waals surface area (Å²) in [6.45, 7) is 0. The van der Waals surface area contributed by atoms with E-state index >= 15 is 0 Å². The number of primary amides is 2. The van der Waals surface area contributed by atoms with Crippen molar-refractivity contribution in [3.8, 4) is 11.5 Å². The van der Waals surface area contributed by atoms with Crippen LogP contribution in [0.4, 0.5) is 9.59 Å². The third kappa shape index (κ3) is 49.8. The van der Waals surface area contributed by atoms with Crippen molar-refractivity contribution in [3.05, 3.63) is 133 Å². The molecule has 10 N–H and O–H groups in total. The second-order valence-electron chi connectivity index (χ2n) is 7.49. The number of hydrogen-bond acceptors (Lipinski definition) is 24. The molecule has 324 valence electrons. The van der Waals surface area contributed by atoms with Gasteiger partial charge in [-0.1, -0.05) is 60.0 Å². The van der Waals surface area contributed by atoms with Crippen LogP contribution < -0.4 is 32.5 Å². The summed E-state index contributed by atoms with van der Waals surface area (Å²) in [7, 11) is 4.00. The number of amides is 4. The van der Waals surface area contributed by atoms with Crippen molar-refractivity contribution in [3.63, 3.8) is 0 Å². The second kappa shape index (κ2) is 48.9. The van der Waals surface area contributed by atoms with Crippen molar-refractivity contribution in [2.24, 2.45) is 21.7 Å². The van der Waals surface area contributed by atoms with Crippen LogP contribution in [-0.2, 0) is 0 Å². The molecule has 0 fully saturated rings. The van der Waals surface area contributed by atoms with Gasteiger partial charge in [-0.2, -0.15) is 10.2 Å². The average molecular weight is 1110 g/mol. The molecular weight excluding hydrogens is 1080 g/mol. The molecule has 4 amide bonds. The number of aliphatic hydroxyl groups excluding tert-OH is 4. The van der Waals surface area contributed by atoms with Crippen LogP contribution >= 0.6 is 0 Å². The first kappa shape index (κ1) is 71.5. The fourth-order valence-corrected chi connectivity index (χ4v) is 2.74. The van der Waals surface area contributed by atoms with Crippen molar-refractivity contribution in [1.82, 2.24) is 20.8 Å². The molecule has 0 atom stereocenters. The molecule has 60 heavy (non-hydrogen) atoms. The van der Waals surface area contributed by atoms with Crippen LogP contribution in [0.25, 0.3) is 21.8 Å². The van der Waals surface area contributed by atoms with Crippen molar-refractivity contribution < 1.29 is 132 Å². The van der Waals surface area contributed by atoms with E-state index in [1.54, 1.807) is 48.5 Å². The minimum Gasteiger partial charge on any atom is -0.871 e. The van der Waals surface area contributed by atoms with Crippen molar-refractivity contribution in [1.29, 1.82) is 0 Å². The fraction of sp³-hybridized carbons (Fsp3) is 0.154. The normalized spacial score (nSPS) is 8.13. The minimum absolute atomic E-state index is 0. The van der Waals surface area contributed by atoms with Gasteiger partial charge in [0, 0.05) is 28.4 Å². The molecule has 0 saturated carbocycles. The van der Waals surface area contributed by atoms with Crippen LogP contribution in [0.1, 0.15) is 11.4 Å². The standard InChI is InChI=1S/2C11H10N4O2.4CH4O.2La.4NO3/c2*12-11(17)15-13-6-8-5-4-7-2-1-3-9(16)10(7)14-8;4*1-2;;;4*2-1(3)4/h2*1-6,16H,(H3,12,15,17);4*2H,1H3;;;;;;/q;;;;;;2*+3;4*-1/p-2/b2*13-6+;;;;;;;;;;. The van der Waals surface area contributed by atoms with Crippen molar-refractivity contribution >= 4 is 46.3 Å². The molecule has 4 rings (SSSR count). The number of pyridine rings is 2. The van der Waals surface area contributed by atoms with Crippen LogP contribution in [0.15, 0.2) is 70.9 Å². The second-order valence-corrected chi connectivity index (χ2v) is 7.49. The quantitative estimate of drug-likeness (QED) is 0.0628. The number of nitrogens with two attached hydrogens (primary N) is 2. The maximum atomic E-state index is 11.5. The summed E-state index contributed by atoms with van der Waals surface area (Å²) in [6, 6.07) is 15.2. The molecule has 0 radical (unpaired) electrons. The van der Waals surface area contributed by atoms with Gasteiger partial charge in [-0.25, -0.2) is 30.4 Å². The number of nitrogens with zero attached hydrogens (tertiary/aromatic N) is 8. The van der Waals surface area contributed by atoms with E-state index in [1.165, 1.54) is 24.6 Å². The van der Waals surface area contributed by atoms with E-state index in [4.69, 9.17) is 93.2 Å². The van der Waals surface area contributed by atoms with E-state index in [0.29, 0.717) is 22.4 Å². The Morgan fingerprint density at radius 3 is 0.983 bits per heavy atom. The van der Waals surface area contributed by atoms with Gasteiger partial charge in [0.1, 0.15) is 0 Å². The molecule has 4 aromatic rings. The number of fused-ring (bicyclic) bond motifs is 2. The number of urea groups is 2. The number of nitrogens with one attached hydrogen (secondary N) is 2. The van der Waals surface area contributed by atoms with E-state index < -0.39 is 32.4 Å². The maximum absolute atomic E-state index is 11.5. The molecule has 0 aliphatic carbocycles. The van der Waals surface area contributed by atoms with Gasteiger partial charge in [-0.15, -0.1) is 0 Å². The molecular formula is C26H34La2N12O20. The topological polar surface area (TPSA) is 553 Å². The third-order valence-electron chi connectivity index (χ3n) is 4.15. The summed E-state index contributed by atoms with van der Waals surface area (Å²) in [5.74, 6) is -0.304. The van der Waals surface area contributed by atoms with Gasteiger partial charge in [0.05, 0.1) is 55.2 Å². The molecule has 2 aromatic heterocycles. The van der Waals surface area contributed by atoms with Crippen LogP contribution in [0, 0.1) is 132 Å². The van der Waals surface area contributed by atoms with Gasteiger partial charge < -0.3 is 103 Å². The van der Waals surface area contributed by atoms with Crippen LogP contribution in [-0.4, -0.2) is 104 Å². The van der Waals surface area contributed by atoms with Crippen molar-refractivity contribution in [2.75, 3.05) is 28.4 Å². The maximum Gasteiger partial charge on any atom is 3.00 e. The molecule has 0 aliphatic rings. The molecule has 2 aromatic carbocycles. The predicted octanol–water partition coefficient (Wildman–Crippen LogP) is -1.90. The fourth-order valence-electron chi connectivity index (χ4n) is 2.74. The van der Waals surface area contributed by atoms with Gasteiger partial charge in [0.15, 0.2) is 0 Å². The van der Waals surface area contributed by atoms with E-state index in [1.807, 2.05) is 10.9 Å². The Morgan fingerprint density at radius 1 is 0.533 bits per heavy atom. The Hall–Kier alpha value is -6.23. The Kier molecular flexibility index (Phi) is 58.3. The zero-order valence-corrected chi connectivity index (χ0v) is 38.4. The van der Waals surface area contributed by atoms with Crippen LogP contribution in [0.5, 0.6) is 11.5 Å². The van der Waals surface area contributed by atoms with Crippen molar-refractivity contribution in [2.45, 2.75) is 0 Å². The number of para-hydroxylation sites is 2. The zero-order chi connectivity index (χ0) is 46.8. The Balaban J connectivity index is -0.0000000971. The summed E-state index contributed by atoms with van der Waals surface area (Å²) in [5, 5.41) is 119. The predicted molar refractivity (Wildman–Crippen MR) is 197 cm³/mol. The number of hydrazone groups is 2. The van der Waals surface area contributed by atoms with Crippen LogP contribution in [0.2, 0.25) is 0 Å². The summed E-state index contributed by atoms with van der Waals surface area (Å²) in [6.07, 6.45) is 2.63. The molecule has 0 aliphatic heterocycles. The molecule has 32 nitrogen and oxygen atoms in total. The van der Waals surface area contributed by atoms with Crippen LogP contribution in [0.3, 0.4) is 0 Å². The van der Waals surface area contributed by atoms with Gasteiger partial charge >= 0.3 is 83.3 Å². The Labute approximate surface area is 391 Å². The minimum atomic E-state index is -1.75. The molecule has 0 spiro atoms. The first-order chi connectivity index (χ1) is 27.3. The molecule has 2 heterocycles. The molecule has 0 unspecified atom stereocenters. The number of aliphatic hydroxyl groups is 4. The number of aromatic nitrogens is 2.